The Morgan fingerprint density at radius 2 is 1.57 bits per heavy atom. The quantitative estimate of drug-likeness (QED) is 0.670. The van der Waals surface area contributed by atoms with Crippen LogP contribution >= 0.6 is 0 Å². The van der Waals surface area contributed by atoms with Gasteiger partial charge in [-0.15, -0.1) is 0 Å². The fraction of sp³-hybridized carbons (Fsp3) is 0.727. The molecule has 4 unspecified atom stereocenters. The summed E-state index contributed by atoms with van der Waals surface area (Å²) in [5.41, 5.74) is 0. The number of hydrogen-bond acceptors (Lipinski definition) is 2. The molecule has 0 aromatic carbocycles. The molecule has 0 heterocycles. The van der Waals surface area contributed by atoms with Crippen molar-refractivity contribution < 1.29 is 15.0 Å². The largest absolute Gasteiger partial charge is 0.513 e. The zero-order chi connectivity index (χ0) is 10.9. The van der Waals surface area contributed by atoms with E-state index in [1.807, 2.05) is 0 Å². The summed E-state index contributed by atoms with van der Waals surface area (Å²) in [6, 6.07) is 0. The lowest BCUT2D eigenvalue weighted by atomic mass is 9.69. The van der Waals surface area contributed by atoms with Gasteiger partial charge in [0, 0.05) is 5.92 Å². The average molecular weight is 198 g/mol. The van der Waals surface area contributed by atoms with Crippen LogP contribution in [0.25, 0.3) is 0 Å². The maximum atomic E-state index is 11.0. The second-order valence-electron chi connectivity index (χ2n) is 4.47. The summed E-state index contributed by atoms with van der Waals surface area (Å²) in [6.45, 7) is 7.63. The number of carbonyl (C=O) groups is 1. The van der Waals surface area contributed by atoms with Gasteiger partial charge in [0.15, 0.2) is 0 Å². The summed E-state index contributed by atoms with van der Waals surface area (Å²) < 4.78 is 0. The summed E-state index contributed by atoms with van der Waals surface area (Å²) in [4.78, 5) is 11.0. The van der Waals surface area contributed by atoms with Gasteiger partial charge in [-0.25, -0.2) is 0 Å². The van der Waals surface area contributed by atoms with Crippen LogP contribution in [0, 0.1) is 23.7 Å². The van der Waals surface area contributed by atoms with Crippen LogP contribution in [0.5, 0.6) is 0 Å². The van der Waals surface area contributed by atoms with Crippen LogP contribution in [-0.2, 0) is 4.79 Å². The number of aliphatic carboxylic acids is 1. The van der Waals surface area contributed by atoms with Crippen LogP contribution in [0.15, 0.2) is 12.3 Å². The van der Waals surface area contributed by atoms with Gasteiger partial charge >= 0.3 is 5.97 Å². The average Bonchev–Trinajstić information content (AvgIpc) is 2.08. The predicted molar refractivity (Wildman–Crippen MR) is 53.9 cm³/mol. The zero-order valence-corrected chi connectivity index (χ0v) is 8.73. The number of hydrogen-bond donors (Lipinski definition) is 2. The van der Waals surface area contributed by atoms with E-state index in [0.29, 0.717) is 18.3 Å². The van der Waals surface area contributed by atoms with Gasteiger partial charge in [0.2, 0.25) is 0 Å². The second kappa shape index (κ2) is 4.03. The fourth-order valence-corrected chi connectivity index (χ4v) is 2.24. The van der Waals surface area contributed by atoms with Crippen molar-refractivity contribution in [3.63, 3.8) is 0 Å². The third-order valence-electron chi connectivity index (χ3n) is 3.45. The maximum absolute atomic E-state index is 11.0. The lowest BCUT2D eigenvalue weighted by molar-refractivity contribution is -0.146. The van der Waals surface area contributed by atoms with E-state index in [4.69, 9.17) is 5.11 Å². The van der Waals surface area contributed by atoms with Crippen LogP contribution in [0.4, 0.5) is 0 Å². The molecule has 1 aliphatic rings. The molecule has 2 N–H and O–H groups in total. The van der Waals surface area contributed by atoms with E-state index in [1.54, 1.807) is 0 Å². The lowest BCUT2D eigenvalue weighted by Crippen LogP contribution is -2.35. The van der Waals surface area contributed by atoms with Crippen molar-refractivity contribution in [3.8, 4) is 0 Å². The van der Waals surface area contributed by atoms with Gasteiger partial charge in [-0.3, -0.25) is 4.79 Å². The van der Waals surface area contributed by atoms with Gasteiger partial charge in [0.05, 0.1) is 11.7 Å². The number of rotatable bonds is 2. The van der Waals surface area contributed by atoms with E-state index in [1.165, 1.54) is 0 Å². The van der Waals surface area contributed by atoms with E-state index in [-0.39, 0.29) is 11.7 Å². The molecule has 4 atom stereocenters. The smallest absolute Gasteiger partial charge is 0.307 e. The molecule has 3 heteroatoms. The summed E-state index contributed by atoms with van der Waals surface area (Å²) in [5.74, 6) is -0.649. The van der Waals surface area contributed by atoms with Crippen LogP contribution in [0.3, 0.4) is 0 Å². The molecule has 0 spiro atoms. The van der Waals surface area contributed by atoms with Gasteiger partial charge in [0.25, 0.3) is 0 Å². The maximum Gasteiger partial charge on any atom is 0.307 e. The standard InChI is InChI=1S/C11H18O3/c1-6-4-9(8(3)12)10(11(13)14)5-7(6)2/h6-7,9-10,12H,3-5H2,1-2H3,(H,13,14). The van der Waals surface area contributed by atoms with Gasteiger partial charge < -0.3 is 10.2 Å². The van der Waals surface area contributed by atoms with Crippen LogP contribution in [0.2, 0.25) is 0 Å². The molecule has 0 aromatic heterocycles. The number of carboxylic acid groups (broad SMARTS) is 1. The highest BCUT2D eigenvalue weighted by molar-refractivity contribution is 5.71. The van der Waals surface area contributed by atoms with E-state index in [9.17, 15) is 9.90 Å². The van der Waals surface area contributed by atoms with Crippen molar-refractivity contribution in [2.45, 2.75) is 26.7 Å². The second-order valence-corrected chi connectivity index (χ2v) is 4.47. The summed E-state index contributed by atoms with van der Waals surface area (Å²) in [5, 5.41) is 18.4. The van der Waals surface area contributed by atoms with Gasteiger partial charge in [-0.2, -0.15) is 0 Å². The minimum atomic E-state index is -0.816. The van der Waals surface area contributed by atoms with Crippen molar-refractivity contribution in [3.05, 3.63) is 12.3 Å². The summed E-state index contributed by atoms with van der Waals surface area (Å²) in [6.07, 6.45) is 1.37. The van der Waals surface area contributed by atoms with Crippen LogP contribution < -0.4 is 0 Å². The van der Waals surface area contributed by atoms with E-state index >= 15 is 0 Å². The number of carboxylic acids is 1. The molecule has 80 valence electrons. The molecular formula is C11H18O3. The zero-order valence-electron chi connectivity index (χ0n) is 8.73. The Kier molecular flexibility index (Phi) is 3.19. The molecule has 3 nitrogen and oxygen atoms in total. The first-order valence-electron chi connectivity index (χ1n) is 5.04. The van der Waals surface area contributed by atoms with Crippen molar-refractivity contribution in [2.75, 3.05) is 0 Å². The molecule has 1 fully saturated rings. The third-order valence-corrected chi connectivity index (χ3v) is 3.45. The molecule has 0 aliphatic heterocycles. The molecular weight excluding hydrogens is 180 g/mol. The molecule has 0 amide bonds. The Bertz CT molecular complexity index is 221. The minimum Gasteiger partial charge on any atom is -0.513 e. The first-order valence-corrected chi connectivity index (χ1v) is 5.04. The van der Waals surface area contributed by atoms with E-state index in [2.05, 4.69) is 20.4 Å². The molecule has 0 saturated heterocycles. The number of aliphatic hydroxyl groups is 1. The minimum absolute atomic E-state index is 0.0242. The molecule has 1 rings (SSSR count). The normalized spacial score (nSPS) is 37.9. The topological polar surface area (TPSA) is 57.5 Å². The Morgan fingerprint density at radius 3 is 1.93 bits per heavy atom. The molecule has 0 aromatic rings. The predicted octanol–water partition coefficient (Wildman–Crippen LogP) is 2.44. The van der Waals surface area contributed by atoms with Crippen LogP contribution in [-0.4, -0.2) is 16.2 Å². The monoisotopic (exact) mass is 198 g/mol. The Balaban J connectivity index is 2.80. The van der Waals surface area contributed by atoms with Crippen LogP contribution in [0.1, 0.15) is 26.7 Å². The number of allylic oxidation sites excluding steroid dienone is 1. The highest BCUT2D eigenvalue weighted by atomic mass is 16.4. The van der Waals surface area contributed by atoms with E-state index < -0.39 is 11.9 Å². The SMILES string of the molecule is C=C(O)C1CC(C)C(C)CC1C(=O)O. The summed E-state index contributed by atoms with van der Waals surface area (Å²) >= 11 is 0. The first kappa shape index (κ1) is 11.1. The fourth-order valence-electron chi connectivity index (χ4n) is 2.24. The number of aliphatic hydroxyl groups excluding tert-OH is 1. The molecule has 14 heavy (non-hydrogen) atoms. The molecule has 1 aliphatic carbocycles. The Labute approximate surface area is 84.4 Å². The van der Waals surface area contributed by atoms with Gasteiger partial charge in [0.1, 0.15) is 0 Å². The summed E-state index contributed by atoms with van der Waals surface area (Å²) in [7, 11) is 0. The lowest BCUT2D eigenvalue weighted by Gasteiger charge is -2.36. The highest BCUT2D eigenvalue weighted by Gasteiger charge is 2.38. The van der Waals surface area contributed by atoms with Gasteiger partial charge in [-0.05, 0) is 24.7 Å². The highest BCUT2D eigenvalue weighted by Crippen LogP contribution is 2.40. The molecule has 0 bridgehead atoms. The molecule has 0 radical (unpaired) electrons. The van der Waals surface area contributed by atoms with E-state index in [0.717, 1.165) is 6.42 Å². The Morgan fingerprint density at radius 1 is 1.14 bits per heavy atom. The van der Waals surface area contributed by atoms with Crippen molar-refractivity contribution in [1.29, 1.82) is 0 Å². The van der Waals surface area contributed by atoms with Gasteiger partial charge in [-0.1, -0.05) is 20.4 Å². The third kappa shape index (κ3) is 2.08. The first-order chi connectivity index (χ1) is 6.43. The van der Waals surface area contributed by atoms with Crippen molar-refractivity contribution >= 4 is 5.97 Å². The van der Waals surface area contributed by atoms with Crippen molar-refractivity contribution in [2.24, 2.45) is 23.7 Å². The molecule has 1 saturated carbocycles. The van der Waals surface area contributed by atoms with Crippen molar-refractivity contribution in [1.82, 2.24) is 0 Å². The Hall–Kier alpha value is -0.990.